The van der Waals surface area contributed by atoms with Crippen LogP contribution in [0.2, 0.25) is 0 Å². The van der Waals surface area contributed by atoms with Gasteiger partial charge in [0.25, 0.3) is 0 Å². The zero-order valence-corrected chi connectivity index (χ0v) is 12.3. The topological polar surface area (TPSA) is 87.2 Å². The van der Waals surface area contributed by atoms with Crippen LogP contribution in [0.1, 0.15) is 24.5 Å². The molecular weight excluding hydrogens is 274 g/mol. The quantitative estimate of drug-likeness (QED) is 0.899. The van der Waals surface area contributed by atoms with Gasteiger partial charge in [-0.1, -0.05) is 12.1 Å². The molecule has 1 aromatic carbocycles. The van der Waals surface area contributed by atoms with Crippen molar-refractivity contribution in [2.24, 2.45) is 11.7 Å². The van der Waals surface area contributed by atoms with Crippen LogP contribution in [0.5, 0.6) is 0 Å². The van der Waals surface area contributed by atoms with Crippen molar-refractivity contribution in [3.63, 3.8) is 0 Å². The van der Waals surface area contributed by atoms with E-state index in [1.807, 2.05) is 13.0 Å². The summed E-state index contributed by atoms with van der Waals surface area (Å²) < 4.78 is 26.5. The Morgan fingerprint density at radius 2 is 2.05 bits per heavy atom. The van der Waals surface area contributed by atoms with E-state index in [-0.39, 0.29) is 17.7 Å². The normalized spacial score (nSPS) is 23.6. The number of nitriles is 1. The zero-order chi connectivity index (χ0) is 14.8. The van der Waals surface area contributed by atoms with Crippen molar-refractivity contribution in [2.75, 3.05) is 13.1 Å². The van der Waals surface area contributed by atoms with Gasteiger partial charge in [0.05, 0.1) is 17.4 Å². The van der Waals surface area contributed by atoms with E-state index in [0.717, 1.165) is 6.42 Å². The molecule has 1 fully saturated rings. The fourth-order valence-corrected chi connectivity index (χ4v) is 4.49. The van der Waals surface area contributed by atoms with Crippen molar-refractivity contribution in [1.29, 1.82) is 5.26 Å². The van der Waals surface area contributed by atoms with Crippen molar-refractivity contribution in [3.05, 3.63) is 35.4 Å². The molecule has 0 saturated carbocycles. The third-order valence-electron chi connectivity index (χ3n) is 3.73. The molecule has 108 valence electrons. The van der Waals surface area contributed by atoms with Gasteiger partial charge in [-0.3, -0.25) is 0 Å². The lowest BCUT2D eigenvalue weighted by Crippen LogP contribution is -2.35. The van der Waals surface area contributed by atoms with E-state index in [1.54, 1.807) is 28.6 Å². The zero-order valence-electron chi connectivity index (χ0n) is 11.5. The lowest BCUT2D eigenvalue weighted by molar-refractivity contribution is 0.404. The van der Waals surface area contributed by atoms with Crippen LogP contribution in [0, 0.1) is 17.2 Å². The molecule has 2 atom stereocenters. The number of hydrogen-bond donors (Lipinski definition) is 1. The van der Waals surface area contributed by atoms with Crippen LogP contribution < -0.4 is 5.73 Å². The Morgan fingerprint density at radius 3 is 2.55 bits per heavy atom. The second kappa shape index (κ2) is 5.92. The Kier molecular flexibility index (Phi) is 4.43. The number of benzene rings is 1. The summed E-state index contributed by atoms with van der Waals surface area (Å²) in [7, 11) is -3.33. The highest BCUT2D eigenvalue weighted by Gasteiger charge is 2.36. The van der Waals surface area contributed by atoms with Crippen LogP contribution in [0.25, 0.3) is 0 Å². The highest BCUT2D eigenvalue weighted by Crippen LogP contribution is 2.26. The molecule has 1 aromatic rings. The number of rotatable bonds is 4. The first-order valence-corrected chi connectivity index (χ1v) is 8.26. The van der Waals surface area contributed by atoms with Gasteiger partial charge in [0.15, 0.2) is 0 Å². The van der Waals surface area contributed by atoms with Gasteiger partial charge in [-0.05, 0) is 43.5 Å². The highest BCUT2D eigenvalue weighted by atomic mass is 32.2. The van der Waals surface area contributed by atoms with Gasteiger partial charge < -0.3 is 5.73 Å². The molecule has 2 N–H and O–H groups in total. The number of nitrogens with two attached hydrogens (primary N) is 1. The Bertz CT molecular complexity index is 604. The van der Waals surface area contributed by atoms with Gasteiger partial charge in [-0.25, -0.2) is 8.42 Å². The summed E-state index contributed by atoms with van der Waals surface area (Å²) in [6.45, 7) is 2.95. The molecule has 2 rings (SSSR count). The number of hydrogen-bond acceptors (Lipinski definition) is 4. The Labute approximate surface area is 120 Å². The number of sulfonamides is 1. The van der Waals surface area contributed by atoms with Gasteiger partial charge in [0, 0.05) is 12.6 Å². The van der Waals surface area contributed by atoms with Gasteiger partial charge in [0.2, 0.25) is 10.0 Å². The smallest absolute Gasteiger partial charge is 0.218 e. The summed E-state index contributed by atoms with van der Waals surface area (Å²) in [4.78, 5) is 0. The Morgan fingerprint density at radius 1 is 1.40 bits per heavy atom. The van der Waals surface area contributed by atoms with E-state index in [0.29, 0.717) is 24.2 Å². The molecule has 20 heavy (non-hydrogen) atoms. The monoisotopic (exact) mass is 293 g/mol. The van der Waals surface area contributed by atoms with E-state index in [1.165, 1.54) is 0 Å². The van der Waals surface area contributed by atoms with Crippen LogP contribution in [-0.2, 0) is 15.8 Å². The molecule has 0 radical (unpaired) electrons. The SMILES string of the molecule is CC1CC(CN)CN1S(=O)(=O)Cc1ccc(C#N)cc1. The van der Waals surface area contributed by atoms with Crippen molar-refractivity contribution >= 4 is 10.0 Å². The Hall–Kier alpha value is -1.42. The molecule has 0 bridgehead atoms. The molecule has 2 unspecified atom stereocenters. The summed E-state index contributed by atoms with van der Waals surface area (Å²) >= 11 is 0. The van der Waals surface area contributed by atoms with E-state index in [9.17, 15) is 8.42 Å². The molecule has 0 spiro atoms. The predicted octanol–water partition coefficient (Wildman–Crippen LogP) is 1.06. The fraction of sp³-hybridized carbons (Fsp3) is 0.500. The van der Waals surface area contributed by atoms with Crippen molar-refractivity contribution < 1.29 is 8.42 Å². The average Bonchev–Trinajstić information content (AvgIpc) is 2.81. The van der Waals surface area contributed by atoms with Crippen LogP contribution in [0.15, 0.2) is 24.3 Å². The molecule has 1 aliphatic heterocycles. The minimum Gasteiger partial charge on any atom is -0.330 e. The highest BCUT2D eigenvalue weighted by molar-refractivity contribution is 7.88. The fourth-order valence-electron chi connectivity index (χ4n) is 2.64. The molecule has 0 aromatic heterocycles. The van der Waals surface area contributed by atoms with Crippen molar-refractivity contribution in [1.82, 2.24) is 4.31 Å². The lowest BCUT2D eigenvalue weighted by atomic mass is 10.1. The first-order chi connectivity index (χ1) is 9.46. The third kappa shape index (κ3) is 3.18. The molecule has 1 aliphatic rings. The number of nitrogens with zero attached hydrogens (tertiary/aromatic N) is 2. The summed E-state index contributed by atoms with van der Waals surface area (Å²) in [5.41, 5.74) is 6.87. The maximum Gasteiger partial charge on any atom is 0.218 e. The first kappa shape index (κ1) is 15.0. The van der Waals surface area contributed by atoms with Gasteiger partial charge >= 0.3 is 0 Å². The second-order valence-electron chi connectivity index (χ2n) is 5.32. The molecule has 5 nitrogen and oxygen atoms in total. The minimum atomic E-state index is -3.33. The van der Waals surface area contributed by atoms with Gasteiger partial charge in [-0.2, -0.15) is 9.57 Å². The summed E-state index contributed by atoms with van der Waals surface area (Å²) in [5, 5.41) is 8.74. The standard InChI is InChI=1S/C14H19N3O2S/c1-11-6-14(8-16)9-17(11)20(18,19)10-13-4-2-12(7-15)3-5-13/h2-5,11,14H,6,8-10,16H2,1H3. The Balaban J connectivity index is 2.13. The molecule has 1 saturated heterocycles. The van der Waals surface area contributed by atoms with E-state index >= 15 is 0 Å². The maximum atomic E-state index is 12.4. The molecule has 1 heterocycles. The third-order valence-corrected chi connectivity index (χ3v) is 5.65. The van der Waals surface area contributed by atoms with Crippen LogP contribution in [0.4, 0.5) is 0 Å². The second-order valence-corrected chi connectivity index (χ2v) is 7.24. The molecule has 6 heteroatoms. The van der Waals surface area contributed by atoms with Crippen LogP contribution >= 0.6 is 0 Å². The van der Waals surface area contributed by atoms with Crippen molar-refractivity contribution in [3.8, 4) is 6.07 Å². The lowest BCUT2D eigenvalue weighted by Gasteiger charge is -2.21. The molecule has 0 amide bonds. The van der Waals surface area contributed by atoms with E-state index in [2.05, 4.69) is 0 Å². The predicted molar refractivity (Wildman–Crippen MR) is 77.1 cm³/mol. The van der Waals surface area contributed by atoms with E-state index < -0.39 is 10.0 Å². The van der Waals surface area contributed by atoms with E-state index in [4.69, 9.17) is 11.0 Å². The molecular formula is C14H19N3O2S. The van der Waals surface area contributed by atoms with Crippen LogP contribution in [0.3, 0.4) is 0 Å². The largest absolute Gasteiger partial charge is 0.330 e. The summed E-state index contributed by atoms with van der Waals surface area (Å²) in [5.74, 6) is 0.223. The average molecular weight is 293 g/mol. The minimum absolute atomic E-state index is 0.00642. The molecule has 0 aliphatic carbocycles. The first-order valence-electron chi connectivity index (χ1n) is 6.65. The summed E-state index contributed by atoms with van der Waals surface area (Å²) in [6.07, 6.45) is 0.823. The summed E-state index contributed by atoms with van der Waals surface area (Å²) in [6, 6.07) is 8.69. The van der Waals surface area contributed by atoms with Gasteiger partial charge in [0.1, 0.15) is 0 Å². The maximum absolute atomic E-state index is 12.4. The van der Waals surface area contributed by atoms with Crippen LogP contribution in [-0.4, -0.2) is 31.9 Å². The van der Waals surface area contributed by atoms with Crippen molar-refractivity contribution in [2.45, 2.75) is 25.1 Å². The van der Waals surface area contributed by atoms with Gasteiger partial charge in [-0.15, -0.1) is 0 Å².